The first kappa shape index (κ1) is 13.0. The van der Waals surface area contributed by atoms with E-state index in [9.17, 15) is 9.59 Å². The van der Waals surface area contributed by atoms with E-state index in [-0.39, 0.29) is 12.6 Å². The summed E-state index contributed by atoms with van der Waals surface area (Å²) in [4.78, 5) is 22.3. The molecule has 0 aromatic carbocycles. The van der Waals surface area contributed by atoms with Gasteiger partial charge in [-0.3, -0.25) is 0 Å². The lowest BCUT2D eigenvalue weighted by molar-refractivity contribution is 0.0507. The number of primary amides is 1. The molecule has 0 saturated heterocycles. The van der Waals surface area contributed by atoms with E-state index in [4.69, 9.17) is 10.5 Å². The Morgan fingerprint density at radius 2 is 2.25 bits per heavy atom. The summed E-state index contributed by atoms with van der Waals surface area (Å²) < 4.78 is 5.87. The minimum Gasteiger partial charge on any atom is -0.461 e. The Bertz CT molecular complexity index is 381. The van der Waals surface area contributed by atoms with Crippen LogP contribution in [0.1, 0.15) is 16.1 Å². The third kappa shape index (κ3) is 4.63. The van der Waals surface area contributed by atoms with Gasteiger partial charge < -0.3 is 15.8 Å². The van der Waals surface area contributed by atoms with Gasteiger partial charge in [0.1, 0.15) is 4.88 Å². The number of esters is 1. The van der Waals surface area contributed by atoms with Crippen molar-refractivity contribution < 1.29 is 14.3 Å². The van der Waals surface area contributed by atoms with Crippen molar-refractivity contribution in [3.05, 3.63) is 20.8 Å². The zero-order valence-corrected chi connectivity index (χ0v) is 10.8. The maximum atomic E-state index is 11.4. The van der Waals surface area contributed by atoms with Gasteiger partial charge in [-0.25, -0.2) is 9.59 Å². The van der Waals surface area contributed by atoms with Crippen molar-refractivity contribution in [3.63, 3.8) is 0 Å². The van der Waals surface area contributed by atoms with Gasteiger partial charge in [-0.2, -0.15) is 0 Å². The third-order valence-corrected chi connectivity index (χ3v) is 3.23. The van der Waals surface area contributed by atoms with Crippen LogP contribution in [0.5, 0.6) is 0 Å². The topological polar surface area (TPSA) is 81.4 Å². The summed E-state index contributed by atoms with van der Waals surface area (Å²) in [6.07, 6.45) is 0.543. The van der Waals surface area contributed by atoms with Crippen LogP contribution in [0.3, 0.4) is 0 Å². The Balaban J connectivity index is 2.18. The van der Waals surface area contributed by atoms with E-state index in [0.717, 1.165) is 3.79 Å². The largest absolute Gasteiger partial charge is 0.461 e. The number of halogens is 1. The predicted molar refractivity (Wildman–Crippen MR) is 64.5 cm³/mol. The molecule has 0 fully saturated rings. The number of carbonyl (C=O) groups excluding carboxylic acids is 2. The summed E-state index contributed by atoms with van der Waals surface area (Å²) in [5.41, 5.74) is 4.87. The number of thiophene rings is 1. The summed E-state index contributed by atoms with van der Waals surface area (Å²) in [7, 11) is 0. The van der Waals surface area contributed by atoms with Crippen LogP contribution in [-0.2, 0) is 4.74 Å². The molecule has 0 radical (unpaired) electrons. The summed E-state index contributed by atoms with van der Waals surface area (Å²) >= 11 is 4.58. The molecule has 7 heteroatoms. The molecule has 0 bridgehead atoms. The molecule has 0 atom stereocenters. The highest BCUT2D eigenvalue weighted by Gasteiger charge is 2.09. The minimum absolute atomic E-state index is 0.259. The maximum absolute atomic E-state index is 11.4. The Labute approximate surface area is 105 Å². The van der Waals surface area contributed by atoms with Crippen LogP contribution in [0.15, 0.2) is 15.9 Å². The first-order chi connectivity index (χ1) is 7.59. The number of hydrogen-bond acceptors (Lipinski definition) is 4. The van der Waals surface area contributed by atoms with Crippen LogP contribution < -0.4 is 11.1 Å². The highest BCUT2D eigenvalue weighted by molar-refractivity contribution is 9.11. The van der Waals surface area contributed by atoms with Crippen molar-refractivity contribution in [3.8, 4) is 0 Å². The normalized spacial score (nSPS) is 9.81. The van der Waals surface area contributed by atoms with Crippen LogP contribution in [0.2, 0.25) is 0 Å². The van der Waals surface area contributed by atoms with E-state index < -0.39 is 6.03 Å². The van der Waals surface area contributed by atoms with Gasteiger partial charge in [-0.05, 0) is 34.5 Å². The van der Waals surface area contributed by atoms with Gasteiger partial charge in [-0.1, -0.05) is 0 Å². The Morgan fingerprint density at radius 1 is 1.50 bits per heavy atom. The zero-order valence-electron chi connectivity index (χ0n) is 8.36. The smallest absolute Gasteiger partial charge is 0.348 e. The Morgan fingerprint density at radius 3 is 2.81 bits per heavy atom. The molecule has 2 amide bonds. The maximum Gasteiger partial charge on any atom is 0.348 e. The van der Waals surface area contributed by atoms with Crippen LogP contribution >= 0.6 is 27.3 Å². The first-order valence-electron chi connectivity index (χ1n) is 4.55. The second kappa shape index (κ2) is 6.49. The number of nitrogens with one attached hydrogen (secondary N) is 1. The van der Waals surface area contributed by atoms with E-state index in [2.05, 4.69) is 21.2 Å². The van der Waals surface area contributed by atoms with Crippen molar-refractivity contribution >= 4 is 39.3 Å². The average molecular weight is 307 g/mol. The molecule has 0 spiro atoms. The second-order valence-corrected chi connectivity index (χ2v) is 5.35. The highest BCUT2D eigenvalue weighted by atomic mass is 79.9. The number of amides is 2. The SMILES string of the molecule is NC(=O)NCCCOC(=O)c1ccc(Br)s1. The standard InChI is InChI=1S/C9H11BrN2O3S/c10-7-3-2-6(16-7)8(13)15-5-1-4-12-9(11)14/h2-3H,1,4-5H2,(H3,11,12,14). The fraction of sp³-hybridized carbons (Fsp3) is 0.333. The second-order valence-electron chi connectivity index (χ2n) is 2.88. The summed E-state index contributed by atoms with van der Waals surface area (Å²) in [5, 5.41) is 2.41. The molecule has 0 aliphatic rings. The predicted octanol–water partition coefficient (Wildman–Crippen LogP) is 1.73. The molecular weight excluding hydrogens is 296 g/mol. The molecule has 3 N–H and O–H groups in total. The lowest BCUT2D eigenvalue weighted by atomic mass is 10.4. The molecule has 88 valence electrons. The van der Waals surface area contributed by atoms with Gasteiger partial charge in [0.2, 0.25) is 0 Å². The van der Waals surface area contributed by atoms with Crippen LogP contribution in [0, 0.1) is 0 Å². The van der Waals surface area contributed by atoms with Gasteiger partial charge in [0, 0.05) is 6.54 Å². The molecule has 0 saturated carbocycles. The average Bonchev–Trinajstić information content (AvgIpc) is 2.63. The number of carbonyl (C=O) groups is 2. The van der Waals surface area contributed by atoms with Gasteiger partial charge >= 0.3 is 12.0 Å². The lowest BCUT2D eigenvalue weighted by Gasteiger charge is -2.03. The molecule has 1 aromatic rings. The molecule has 16 heavy (non-hydrogen) atoms. The van der Waals surface area contributed by atoms with Gasteiger partial charge in [-0.15, -0.1) is 11.3 Å². The molecule has 1 aromatic heterocycles. The zero-order chi connectivity index (χ0) is 12.0. The van der Waals surface area contributed by atoms with Crippen LogP contribution in [0.25, 0.3) is 0 Å². The molecule has 0 aliphatic heterocycles. The molecule has 0 aliphatic carbocycles. The van der Waals surface area contributed by atoms with Gasteiger partial charge in [0.15, 0.2) is 0 Å². The van der Waals surface area contributed by atoms with Crippen molar-refractivity contribution in [2.75, 3.05) is 13.2 Å². The fourth-order valence-electron chi connectivity index (χ4n) is 0.944. The van der Waals surface area contributed by atoms with Crippen LogP contribution in [0.4, 0.5) is 4.79 Å². The lowest BCUT2D eigenvalue weighted by Crippen LogP contribution is -2.30. The Kier molecular flexibility index (Phi) is 5.27. The van der Waals surface area contributed by atoms with Crippen molar-refractivity contribution in [2.45, 2.75) is 6.42 Å². The first-order valence-corrected chi connectivity index (χ1v) is 6.16. The Hall–Kier alpha value is -1.08. The van der Waals surface area contributed by atoms with Gasteiger partial charge in [0.25, 0.3) is 0 Å². The highest BCUT2D eigenvalue weighted by Crippen LogP contribution is 2.22. The van der Waals surface area contributed by atoms with Crippen LogP contribution in [-0.4, -0.2) is 25.2 Å². The van der Waals surface area contributed by atoms with Gasteiger partial charge in [0.05, 0.1) is 10.4 Å². The third-order valence-electron chi connectivity index (χ3n) is 1.63. The fourth-order valence-corrected chi connectivity index (χ4v) is 2.22. The molecule has 0 unspecified atom stereocenters. The van der Waals surface area contributed by atoms with E-state index in [1.165, 1.54) is 11.3 Å². The molecule has 5 nitrogen and oxygen atoms in total. The summed E-state index contributed by atoms with van der Waals surface area (Å²) in [5.74, 6) is -0.352. The quantitative estimate of drug-likeness (QED) is 0.642. The number of rotatable bonds is 5. The number of ether oxygens (including phenoxy) is 1. The molecular formula is C9H11BrN2O3S. The molecule has 1 rings (SSSR count). The van der Waals surface area contributed by atoms with E-state index in [0.29, 0.717) is 17.8 Å². The van der Waals surface area contributed by atoms with E-state index in [1.54, 1.807) is 12.1 Å². The number of hydrogen-bond donors (Lipinski definition) is 2. The summed E-state index contributed by atoms with van der Waals surface area (Å²) in [6, 6.07) is 2.91. The summed E-state index contributed by atoms with van der Waals surface area (Å²) in [6.45, 7) is 0.658. The van der Waals surface area contributed by atoms with Crippen molar-refractivity contribution in [2.24, 2.45) is 5.73 Å². The van der Waals surface area contributed by atoms with E-state index >= 15 is 0 Å². The number of nitrogens with two attached hydrogens (primary N) is 1. The minimum atomic E-state index is -0.575. The number of urea groups is 1. The monoisotopic (exact) mass is 306 g/mol. The van der Waals surface area contributed by atoms with Crippen molar-refractivity contribution in [1.82, 2.24) is 5.32 Å². The molecule has 1 heterocycles. The van der Waals surface area contributed by atoms with Crippen molar-refractivity contribution in [1.29, 1.82) is 0 Å². The van der Waals surface area contributed by atoms with E-state index in [1.807, 2.05) is 0 Å².